The normalized spacial score (nSPS) is 11.4. The zero-order valence-corrected chi connectivity index (χ0v) is 12.0. The van der Waals surface area contributed by atoms with Gasteiger partial charge in [0.2, 0.25) is 0 Å². The molecule has 3 N–H and O–H groups in total. The number of nitrogens with zero attached hydrogens (tertiary/aromatic N) is 1. The number of nitrogens with one attached hydrogen (secondary N) is 3. The molecule has 1 aromatic carbocycles. The summed E-state index contributed by atoms with van der Waals surface area (Å²) in [7, 11) is 0. The van der Waals surface area contributed by atoms with Crippen LogP contribution in [0, 0.1) is 5.82 Å². The molecule has 2 rings (SSSR count). The van der Waals surface area contributed by atoms with Crippen LogP contribution in [-0.2, 0) is 4.79 Å². The van der Waals surface area contributed by atoms with Crippen molar-refractivity contribution in [1.29, 1.82) is 0 Å². The summed E-state index contributed by atoms with van der Waals surface area (Å²) in [6.07, 6.45) is -1.05. The molecule has 0 unspecified atom stereocenters. The van der Waals surface area contributed by atoms with Crippen LogP contribution in [0.3, 0.4) is 0 Å². The zero-order chi connectivity index (χ0) is 16.8. The van der Waals surface area contributed by atoms with Gasteiger partial charge in [-0.25, -0.2) is 9.49 Å². The number of para-hydroxylation sites is 1. The Morgan fingerprint density at radius 2 is 1.96 bits per heavy atom. The minimum atomic E-state index is -1.05. The Morgan fingerprint density at radius 3 is 2.61 bits per heavy atom. The van der Waals surface area contributed by atoms with Gasteiger partial charge >= 0.3 is 0 Å². The molecule has 1 aromatic heterocycles. The largest absolute Gasteiger partial charge is 0.478 e. The molecule has 1 heterocycles. The Kier molecular flexibility index (Phi) is 5.03. The van der Waals surface area contributed by atoms with Crippen LogP contribution in [0.15, 0.2) is 41.2 Å². The van der Waals surface area contributed by atoms with Crippen LogP contribution in [0.5, 0.6) is 5.75 Å². The maximum atomic E-state index is 13.4. The summed E-state index contributed by atoms with van der Waals surface area (Å²) in [5.74, 6) is -2.10. The van der Waals surface area contributed by atoms with Gasteiger partial charge in [0, 0.05) is 6.07 Å². The van der Waals surface area contributed by atoms with E-state index in [1.54, 1.807) is 6.07 Å². The van der Waals surface area contributed by atoms with Crippen LogP contribution in [0.25, 0.3) is 0 Å². The van der Waals surface area contributed by atoms with Gasteiger partial charge in [-0.3, -0.25) is 25.2 Å². The Hall–Kier alpha value is -3.23. The summed E-state index contributed by atoms with van der Waals surface area (Å²) < 4.78 is 18.6. The summed E-state index contributed by atoms with van der Waals surface area (Å²) in [5, 5.41) is 5.58. The fourth-order valence-corrected chi connectivity index (χ4v) is 1.54. The number of ether oxygens (including phenoxy) is 1. The predicted molar refractivity (Wildman–Crippen MR) is 77.0 cm³/mol. The highest BCUT2D eigenvalue weighted by atomic mass is 19.1. The van der Waals surface area contributed by atoms with Crippen LogP contribution in [0.4, 0.5) is 4.39 Å². The molecule has 0 spiro atoms. The molecule has 0 fully saturated rings. The number of hydrogen-bond acceptors (Lipinski definition) is 5. The van der Waals surface area contributed by atoms with Crippen molar-refractivity contribution >= 4 is 11.8 Å². The highest BCUT2D eigenvalue weighted by Gasteiger charge is 2.17. The summed E-state index contributed by atoms with van der Waals surface area (Å²) in [6.45, 7) is 1.40. The maximum absolute atomic E-state index is 13.4. The zero-order valence-electron chi connectivity index (χ0n) is 12.0. The average Bonchev–Trinajstić information content (AvgIpc) is 2.55. The predicted octanol–water partition coefficient (Wildman–Crippen LogP) is 0.138. The van der Waals surface area contributed by atoms with E-state index in [0.29, 0.717) is 0 Å². The number of amides is 2. The lowest BCUT2D eigenvalue weighted by atomic mass is 10.3. The van der Waals surface area contributed by atoms with E-state index in [9.17, 15) is 18.8 Å². The minimum absolute atomic E-state index is 0.0798. The van der Waals surface area contributed by atoms with Crippen molar-refractivity contribution in [2.45, 2.75) is 13.0 Å². The molecule has 2 aromatic rings. The van der Waals surface area contributed by atoms with Crippen molar-refractivity contribution in [3.05, 3.63) is 58.3 Å². The molecule has 0 radical (unpaired) electrons. The van der Waals surface area contributed by atoms with Crippen molar-refractivity contribution in [3.63, 3.8) is 0 Å². The van der Waals surface area contributed by atoms with Gasteiger partial charge < -0.3 is 4.74 Å². The summed E-state index contributed by atoms with van der Waals surface area (Å²) in [5.41, 5.74) is 3.67. The van der Waals surface area contributed by atoms with E-state index in [1.165, 1.54) is 31.2 Å². The Labute approximate surface area is 129 Å². The lowest BCUT2D eigenvalue weighted by Gasteiger charge is -2.15. The number of rotatable bonds is 4. The first-order valence-electron chi connectivity index (χ1n) is 6.54. The topological polar surface area (TPSA) is 113 Å². The number of H-pyrrole nitrogens is 1. The molecular weight excluding hydrogens is 307 g/mol. The van der Waals surface area contributed by atoms with E-state index in [0.717, 1.165) is 6.07 Å². The number of carbonyl (C=O) groups excluding carboxylic acids is 2. The van der Waals surface area contributed by atoms with E-state index in [1.807, 2.05) is 0 Å². The van der Waals surface area contributed by atoms with E-state index < -0.39 is 29.3 Å². The van der Waals surface area contributed by atoms with Crippen LogP contribution in [0.1, 0.15) is 17.4 Å². The summed E-state index contributed by atoms with van der Waals surface area (Å²) in [6, 6.07) is 7.94. The number of carbonyl (C=O) groups is 2. The third-order valence-corrected chi connectivity index (χ3v) is 2.72. The van der Waals surface area contributed by atoms with Gasteiger partial charge in [0.1, 0.15) is 0 Å². The van der Waals surface area contributed by atoms with Gasteiger partial charge in [-0.2, -0.15) is 5.10 Å². The fourth-order valence-electron chi connectivity index (χ4n) is 1.54. The monoisotopic (exact) mass is 320 g/mol. The maximum Gasteiger partial charge on any atom is 0.290 e. The lowest BCUT2D eigenvalue weighted by Crippen LogP contribution is -2.47. The minimum Gasteiger partial charge on any atom is -0.478 e. The van der Waals surface area contributed by atoms with Crippen LogP contribution in [-0.4, -0.2) is 28.1 Å². The smallest absolute Gasteiger partial charge is 0.290 e. The molecule has 120 valence electrons. The van der Waals surface area contributed by atoms with Crippen LogP contribution in [0.2, 0.25) is 0 Å². The number of aromatic nitrogens is 2. The van der Waals surface area contributed by atoms with Crippen LogP contribution < -0.4 is 21.1 Å². The molecule has 0 bridgehead atoms. The number of benzene rings is 1. The number of hydrazine groups is 1. The van der Waals surface area contributed by atoms with Crippen molar-refractivity contribution in [1.82, 2.24) is 21.0 Å². The third-order valence-electron chi connectivity index (χ3n) is 2.72. The molecule has 9 heteroatoms. The van der Waals surface area contributed by atoms with E-state index in [2.05, 4.69) is 21.0 Å². The average molecular weight is 320 g/mol. The number of halogens is 1. The highest BCUT2D eigenvalue weighted by Crippen LogP contribution is 2.16. The van der Waals surface area contributed by atoms with Gasteiger partial charge in [0.25, 0.3) is 17.4 Å². The first-order chi connectivity index (χ1) is 11.0. The fraction of sp³-hybridized carbons (Fsp3) is 0.143. The molecule has 0 aliphatic heterocycles. The molecular formula is C14H13FN4O4. The summed E-state index contributed by atoms with van der Waals surface area (Å²) >= 11 is 0. The molecule has 8 nitrogen and oxygen atoms in total. The third kappa shape index (κ3) is 4.37. The standard InChI is InChI=1S/C14H13FN4O4/c1-8(23-11-5-3-2-4-9(11)15)13(21)18-19-14(22)10-6-7-12(20)17-16-10/h2-8H,1H3,(H,17,20)(H,18,21)(H,19,22)/t8-/m0/s1. The SMILES string of the molecule is C[C@H](Oc1ccccc1F)C(=O)NNC(=O)c1ccc(=O)[nH]n1. The highest BCUT2D eigenvalue weighted by molar-refractivity contribution is 5.93. The van der Waals surface area contributed by atoms with E-state index >= 15 is 0 Å². The molecule has 0 aliphatic carbocycles. The van der Waals surface area contributed by atoms with Crippen molar-refractivity contribution < 1.29 is 18.7 Å². The van der Waals surface area contributed by atoms with Gasteiger partial charge in [0.15, 0.2) is 23.4 Å². The first kappa shape index (κ1) is 16.1. The Morgan fingerprint density at radius 1 is 1.22 bits per heavy atom. The molecule has 2 amide bonds. The number of aromatic amines is 1. The van der Waals surface area contributed by atoms with Gasteiger partial charge in [0.05, 0.1) is 0 Å². The van der Waals surface area contributed by atoms with Crippen LogP contribution >= 0.6 is 0 Å². The van der Waals surface area contributed by atoms with E-state index in [4.69, 9.17) is 4.74 Å². The summed E-state index contributed by atoms with van der Waals surface area (Å²) in [4.78, 5) is 34.3. The van der Waals surface area contributed by atoms with Gasteiger partial charge in [-0.05, 0) is 25.1 Å². The van der Waals surface area contributed by atoms with Crippen molar-refractivity contribution in [3.8, 4) is 5.75 Å². The second kappa shape index (κ2) is 7.16. The molecule has 0 aliphatic rings. The second-order valence-electron chi connectivity index (χ2n) is 4.44. The quantitative estimate of drug-likeness (QED) is 0.693. The Balaban J connectivity index is 1.89. The van der Waals surface area contributed by atoms with Gasteiger partial charge in [-0.15, -0.1) is 0 Å². The second-order valence-corrected chi connectivity index (χ2v) is 4.44. The van der Waals surface area contributed by atoms with Crippen molar-refractivity contribution in [2.24, 2.45) is 0 Å². The number of hydrogen-bond donors (Lipinski definition) is 3. The molecule has 0 saturated carbocycles. The lowest BCUT2D eigenvalue weighted by molar-refractivity contribution is -0.128. The van der Waals surface area contributed by atoms with Gasteiger partial charge in [-0.1, -0.05) is 12.1 Å². The first-order valence-corrected chi connectivity index (χ1v) is 6.54. The van der Waals surface area contributed by atoms with E-state index in [-0.39, 0.29) is 11.4 Å². The Bertz CT molecular complexity index is 757. The molecule has 0 saturated heterocycles. The molecule has 1 atom stereocenters. The molecule has 23 heavy (non-hydrogen) atoms. The van der Waals surface area contributed by atoms with Crippen molar-refractivity contribution in [2.75, 3.05) is 0 Å².